The van der Waals surface area contributed by atoms with Gasteiger partial charge >= 0.3 is 0 Å². The Morgan fingerprint density at radius 1 is 0.947 bits per heavy atom. The van der Waals surface area contributed by atoms with Gasteiger partial charge in [-0.3, -0.25) is 0 Å². The smallest absolute Gasteiger partial charge is 0.136 e. The molecule has 0 aliphatic heterocycles. The minimum Gasteiger partial charge on any atom is -0.494 e. The molecule has 2 aromatic rings. The highest BCUT2D eigenvalue weighted by Gasteiger charge is 2.10. The molecule has 2 rings (SSSR count). The van der Waals surface area contributed by atoms with Crippen LogP contribution < -0.4 is 15.2 Å². The van der Waals surface area contributed by atoms with Gasteiger partial charge in [-0.05, 0) is 36.8 Å². The zero-order valence-electron chi connectivity index (χ0n) is 11.1. The second-order valence-corrected chi connectivity index (χ2v) is 4.16. The van der Waals surface area contributed by atoms with E-state index < -0.39 is 0 Å². The summed E-state index contributed by atoms with van der Waals surface area (Å²) in [5.74, 6) is 1.64. The average Bonchev–Trinajstić information content (AvgIpc) is 2.48. The lowest BCUT2D eigenvalue weighted by molar-refractivity contribution is 0.214. The third-order valence-corrected chi connectivity index (χ3v) is 2.80. The van der Waals surface area contributed by atoms with Crippen LogP contribution in [0.25, 0.3) is 0 Å². The summed E-state index contributed by atoms with van der Waals surface area (Å²) in [4.78, 5) is 0. The van der Waals surface area contributed by atoms with Gasteiger partial charge in [0.05, 0.1) is 6.61 Å². The molecular weight excluding hydrogens is 238 g/mol. The summed E-state index contributed by atoms with van der Waals surface area (Å²) in [6, 6.07) is 17.6. The van der Waals surface area contributed by atoms with Gasteiger partial charge in [-0.1, -0.05) is 30.3 Å². The van der Waals surface area contributed by atoms with Crippen LogP contribution in [0.2, 0.25) is 0 Å². The Labute approximate surface area is 114 Å². The summed E-state index contributed by atoms with van der Waals surface area (Å²) in [7, 11) is 0. The van der Waals surface area contributed by atoms with Gasteiger partial charge in [0, 0.05) is 6.54 Å². The van der Waals surface area contributed by atoms with Crippen LogP contribution in [-0.4, -0.2) is 13.2 Å². The van der Waals surface area contributed by atoms with E-state index in [1.54, 1.807) is 0 Å². The third kappa shape index (κ3) is 3.73. The molecule has 3 nitrogen and oxygen atoms in total. The lowest BCUT2D eigenvalue weighted by Gasteiger charge is -2.18. The van der Waals surface area contributed by atoms with E-state index in [2.05, 4.69) is 0 Å². The van der Waals surface area contributed by atoms with Crippen LogP contribution in [0, 0.1) is 0 Å². The van der Waals surface area contributed by atoms with E-state index in [1.165, 1.54) is 0 Å². The Hall–Kier alpha value is -2.00. The minimum atomic E-state index is -0.126. The number of ether oxygens (including phenoxy) is 2. The molecule has 0 aliphatic rings. The van der Waals surface area contributed by atoms with Gasteiger partial charge in [-0.15, -0.1) is 0 Å². The maximum absolute atomic E-state index is 5.90. The fourth-order valence-corrected chi connectivity index (χ4v) is 1.87. The van der Waals surface area contributed by atoms with Crippen molar-refractivity contribution < 1.29 is 9.47 Å². The zero-order chi connectivity index (χ0) is 13.5. The normalized spacial score (nSPS) is 11.9. The molecule has 1 atom stereocenters. The topological polar surface area (TPSA) is 44.5 Å². The lowest BCUT2D eigenvalue weighted by Crippen LogP contribution is -2.18. The van der Waals surface area contributed by atoms with Crippen molar-refractivity contribution in [2.75, 3.05) is 13.2 Å². The van der Waals surface area contributed by atoms with Gasteiger partial charge in [0.15, 0.2) is 0 Å². The number of rotatable bonds is 6. The van der Waals surface area contributed by atoms with E-state index in [0.717, 1.165) is 17.1 Å². The standard InChI is InChI=1S/C16H19NO2/c1-2-18-14-8-10-15(11-9-14)19-16(12-17)13-6-4-3-5-7-13/h3-11,16H,2,12,17H2,1H3. The molecular formula is C16H19NO2. The maximum atomic E-state index is 5.90. The predicted octanol–water partition coefficient (Wildman–Crippen LogP) is 3.16. The van der Waals surface area contributed by atoms with Gasteiger partial charge in [0.25, 0.3) is 0 Å². The molecule has 19 heavy (non-hydrogen) atoms. The molecule has 0 radical (unpaired) electrons. The van der Waals surface area contributed by atoms with Crippen molar-refractivity contribution in [3.63, 3.8) is 0 Å². The van der Waals surface area contributed by atoms with Crippen molar-refractivity contribution in [1.82, 2.24) is 0 Å². The molecule has 0 aromatic heterocycles. The fraction of sp³-hybridized carbons (Fsp3) is 0.250. The number of nitrogens with two attached hydrogens (primary N) is 1. The first-order valence-electron chi connectivity index (χ1n) is 6.48. The molecule has 1 unspecified atom stereocenters. The van der Waals surface area contributed by atoms with Crippen LogP contribution in [0.15, 0.2) is 54.6 Å². The van der Waals surface area contributed by atoms with Crippen LogP contribution in [0.1, 0.15) is 18.6 Å². The van der Waals surface area contributed by atoms with Crippen molar-refractivity contribution in [2.45, 2.75) is 13.0 Å². The van der Waals surface area contributed by atoms with Gasteiger partial charge in [-0.25, -0.2) is 0 Å². The first-order valence-corrected chi connectivity index (χ1v) is 6.48. The van der Waals surface area contributed by atoms with Gasteiger partial charge < -0.3 is 15.2 Å². The van der Waals surface area contributed by atoms with E-state index in [9.17, 15) is 0 Å². The molecule has 2 N–H and O–H groups in total. The van der Waals surface area contributed by atoms with Crippen molar-refractivity contribution in [2.24, 2.45) is 5.73 Å². The molecule has 0 saturated carbocycles. The molecule has 0 amide bonds. The van der Waals surface area contributed by atoms with Crippen molar-refractivity contribution >= 4 is 0 Å². The summed E-state index contributed by atoms with van der Waals surface area (Å²) < 4.78 is 11.3. The molecule has 2 aromatic carbocycles. The van der Waals surface area contributed by atoms with Crippen LogP contribution in [-0.2, 0) is 0 Å². The van der Waals surface area contributed by atoms with Gasteiger partial charge in [0.1, 0.15) is 17.6 Å². The second kappa shape index (κ2) is 6.81. The molecule has 0 spiro atoms. The third-order valence-electron chi connectivity index (χ3n) is 2.80. The monoisotopic (exact) mass is 257 g/mol. The molecule has 100 valence electrons. The van der Waals surface area contributed by atoms with E-state index >= 15 is 0 Å². The zero-order valence-corrected chi connectivity index (χ0v) is 11.1. The van der Waals surface area contributed by atoms with Crippen molar-refractivity contribution in [3.05, 3.63) is 60.2 Å². The fourth-order valence-electron chi connectivity index (χ4n) is 1.87. The van der Waals surface area contributed by atoms with E-state index in [-0.39, 0.29) is 6.10 Å². The quantitative estimate of drug-likeness (QED) is 0.864. The average molecular weight is 257 g/mol. The number of hydrogen-bond donors (Lipinski definition) is 1. The lowest BCUT2D eigenvalue weighted by atomic mass is 10.1. The maximum Gasteiger partial charge on any atom is 0.136 e. The van der Waals surface area contributed by atoms with E-state index in [1.807, 2.05) is 61.5 Å². The largest absolute Gasteiger partial charge is 0.494 e. The highest BCUT2D eigenvalue weighted by Crippen LogP contribution is 2.23. The SMILES string of the molecule is CCOc1ccc(OC(CN)c2ccccc2)cc1. The highest BCUT2D eigenvalue weighted by molar-refractivity contribution is 5.32. The number of hydrogen-bond acceptors (Lipinski definition) is 3. The summed E-state index contributed by atoms with van der Waals surface area (Å²) in [6.45, 7) is 3.07. The van der Waals surface area contributed by atoms with E-state index in [4.69, 9.17) is 15.2 Å². The van der Waals surface area contributed by atoms with Crippen molar-refractivity contribution in [3.8, 4) is 11.5 Å². The van der Waals surface area contributed by atoms with Crippen LogP contribution in [0.3, 0.4) is 0 Å². The Bertz CT molecular complexity index is 482. The Morgan fingerprint density at radius 3 is 2.16 bits per heavy atom. The summed E-state index contributed by atoms with van der Waals surface area (Å²) in [6.07, 6.45) is -0.126. The summed E-state index contributed by atoms with van der Waals surface area (Å²) in [5, 5.41) is 0. The van der Waals surface area contributed by atoms with Gasteiger partial charge in [-0.2, -0.15) is 0 Å². The summed E-state index contributed by atoms with van der Waals surface area (Å²) >= 11 is 0. The van der Waals surface area contributed by atoms with Crippen LogP contribution in [0.4, 0.5) is 0 Å². The molecule has 0 heterocycles. The Balaban J connectivity index is 2.06. The van der Waals surface area contributed by atoms with Crippen LogP contribution >= 0.6 is 0 Å². The first-order chi connectivity index (χ1) is 9.33. The van der Waals surface area contributed by atoms with E-state index in [0.29, 0.717) is 13.2 Å². The van der Waals surface area contributed by atoms with Crippen molar-refractivity contribution in [1.29, 1.82) is 0 Å². The Morgan fingerprint density at radius 2 is 1.58 bits per heavy atom. The predicted molar refractivity (Wildman–Crippen MR) is 76.5 cm³/mol. The highest BCUT2D eigenvalue weighted by atomic mass is 16.5. The Kier molecular flexibility index (Phi) is 4.81. The summed E-state index contributed by atoms with van der Waals surface area (Å²) in [5.41, 5.74) is 6.86. The molecule has 0 fully saturated rings. The van der Waals surface area contributed by atoms with Gasteiger partial charge in [0.2, 0.25) is 0 Å². The molecule has 3 heteroatoms. The number of benzene rings is 2. The minimum absolute atomic E-state index is 0.126. The molecule has 0 saturated heterocycles. The molecule has 0 aliphatic carbocycles. The molecule has 0 bridgehead atoms. The van der Waals surface area contributed by atoms with Crippen LogP contribution in [0.5, 0.6) is 11.5 Å². The second-order valence-electron chi connectivity index (χ2n) is 4.16. The first kappa shape index (κ1) is 13.4.